The molecular formula is C13H21FN2O. The van der Waals surface area contributed by atoms with E-state index in [0.29, 0.717) is 0 Å². The van der Waals surface area contributed by atoms with Crippen LogP contribution in [0.15, 0.2) is 18.3 Å². The first-order chi connectivity index (χ1) is 8.27. The van der Waals surface area contributed by atoms with Gasteiger partial charge in [-0.2, -0.15) is 0 Å². The second kappa shape index (κ2) is 8.14. The second-order valence-electron chi connectivity index (χ2n) is 3.87. The lowest BCUT2D eigenvalue weighted by molar-refractivity contribution is 0.144. The molecule has 1 atom stereocenters. The average molecular weight is 240 g/mol. The lowest BCUT2D eigenvalue weighted by Gasteiger charge is -2.16. The summed E-state index contributed by atoms with van der Waals surface area (Å²) in [6.45, 7) is 6.50. The van der Waals surface area contributed by atoms with Crippen LogP contribution in [0.1, 0.15) is 38.4 Å². The zero-order chi connectivity index (χ0) is 12.5. The fourth-order valence-electron chi connectivity index (χ4n) is 1.65. The lowest BCUT2D eigenvalue weighted by Crippen LogP contribution is -2.23. The maximum Gasteiger partial charge on any atom is 0.141 e. The van der Waals surface area contributed by atoms with E-state index in [2.05, 4.69) is 17.2 Å². The highest BCUT2D eigenvalue weighted by molar-refractivity contribution is 5.09. The predicted octanol–water partition coefficient (Wildman–Crippen LogP) is 2.69. The molecule has 0 aromatic carbocycles. The Labute approximate surface area is 102 Å². The number of nitrogens with one attached hydrogen (secondary N) is 1. The van der Waals surface area contributed by atoms with Gasteiger partial charge in [0.05, 0.1) is 11.9 Å². The van der Waals surface area contributed by atoms with E-state index in [1.807, 2.05) is 6.92 Å². The number of nitrogens with zero attached hydrogens (tertiary/aromatic N) is 1. The van der Waals surface area contributed by atoms with E-state index in [0.717, 1.165) is 38.3 Å². The van der Waals surface area contributed by atoms with E-state index in [1.54, 1.807) is 6.07 Å². The molecule has 1 heterocycles. The van der Waals surface area contributed by atoms with Crippen molar-refractivity contribution in [3.05, 3.63) is 29.8 Å². The maximum atomic E-state index is 12.7. The molecule has 0 radical (unpaired) electrons. The van der Waals surface area contributed by atoms with Crippen molar-refractivity contribution in [2.45, 2.75) is 32.7 Å². The van der Waals surface area contributed by atoms with Crippen molar-refractivity contribution in [3.8, 4) is 0 Å². The minimum Gasteiger partial charge on any atom is -0.382 e. The molecule has 1 N–H and O–H groups in total. The summed E-state index contributed by atoms with van der Waals surface area (Å²) >= 11 is 0. The number of ether oxygens (including phenoxy) is 1. The van der Waals surface area contributed by atoms with Gasteiger partial charge in [0, 0.05) is 19.3 Å². The summed E-state index contributed by atoms with van der Waals surface area (Å²) in [6, 6.07) is 3.38. The molecule has 0 aliphatic heterocycles. The molecule has 0 bridgehead atoms. The van der Waals surface area contributed by atoms with Gasteiger partial charge in [-0.25, -0.2) is 4.39 Å². The molecule has 3 nitrogen and oxygen atoms in total. The van der Waals surface area contributed by atoms with Crippen molar-refractivity contribution < 1.29 is 9.13 Å². The molecule has 0 aliphatic rings. The summed E-state index contributed by atoms with van der Waals surface area (Å²) in [5, 5.41) is 3.40. The Kier molecular flexibility index (Phi) is 6.74. The van der Waals surface area contributed by atoms with E-state index in [9.17, 15) is 4.39 Å². The van der Waals surface area contributed by atoms with Gasteiger partial charge in [0.1, 0.15) is 5.82 Å². The highest BCUT2D eigenvalue weighted by Gasteiger charge is 2.09. The molecule has 17 heavy (non-hydrogen) atoms. The Morgan fingerprint density at radius 1 is 1.41 bits per heavy atom. The van der Waals surface area contributed by atoms with Gasteiger partial charge in [-0.1, -0.05) is 6.92 Å². The molecule has 0 fully saturated rings. The standard InChI is InChI=1S/C13H21FN2O/c1-3-12(15-8-5-9-17-4-2)13-7-6-11(14)10-16-13/h6-7,10,12,15H,3-5,8-9H2,1-2H3. The molecule has 0 spiro atoms. The smallest absolute Gasteiger partial charge is 0.141 e. The Hall–Kier alpha value is -1.00. The maximum absolute atomic E-state index is 12.7. The zero-order valence-electron chi connectivity index (χ0n) is 10.6. The van der Waals surface area contributed by atoms with Gasteiger partial charge in [0.25, 0.3) is 0 Å². The monoisotopic (exact) mass is 240 g/mol. The van der Waals surface area contributed by atoms with E-state index < -0.39 is 0 Å². The van der Waals surface area contributed by atoms with E-state index in [1.165, 1.54) is 12.3 Å². The van der Waals surface area contributed by atoms with Crippen LogP contribution in [0.4, 0.5) is 4.39 Å². The first-order valence-corrected chi connectivity index (χ1v) is 6.20. The van der Waals surface area contributed by atoms with Gasteiger partial charge < -0.3 is 10.1 Å². The molecule has 0 saturated carbocycles. The van der Waals surface area contributed by atoms with Crippen molar-refractivity contribution in [2.24, 2.45) is 0 Å². The average Bonchev–Trinajstić information content (AvgIpc) is 2.35. The quantitative estimate of drug-likeness (QED) is 0.709. The Morgan fingerprint density at radius 2 is 2.24 bits per heavy atom. The van der Waals surface area contributed by atoms with E-state index >= 15 is 0 Å². The lowest BCUT2D eigenvalue weighted by atomic mass is 10.1. The Bertz CT molecular complexity index is 303. The van der Waals surface area contributed by atoms with Gasteiger partial charge >= 0.3 is 0 Å². The van der Waals surface area contributed by atoms with Crippen molar-refractivity contribution >= 4 is 0 Å². The van der Waals surface area contributed by atoms with Crippen molar-refractivity contribution in [2.75, 3.05) is 19.8 Å². The van der Waals surface area contributed by atoms with Crippen LogP contribution in [-0.4, -0.2) is 24.7 Å². The van der Waals surface area contributed by atoms with Crippen molar-refractivity contribution in [1.29, 1.82) is 0 Å². The minimum absolute atomic E-state index is 0.192. The summed E-state index contributed by atoms with van der Waals surface area (Å²) in [5.41, 5.74) is 0.894. The third-order valence-electron chi connectivity index (χ3n) is 2.58. The van der Waals surface area contributed by atoms with Gasteiger partial charge in [-0.3, -0.25) is 4.98 Å². The molecule has 0 saturated heterocycles. The first kappa shape index (κ1) is 14.1. The van der Waals surface area contributed by atoms with Gasteiger partial charge in [-0.15, -0.1) is 0 Å². The molecule has 0 amide bonds. The summed E-state index contributed by atoms with van der Waals surface area (Å²) in [7, 11) is 0. The molecule has 96 valence electrons. The van der Waals surface area contributed by atoms with Crippen LogP contribution in [0.2, 0.25) is 0 Å². The molecule has 0 aliphatic carbocycles. The number of hydrogen-bond acceptors (Lipinski definition) is 3. The number of halogens is 1. The normalized spacial score (nSPS) is 12.6. The van der Waals surface area contributed by atoms with Crippen LogP contribution in [0.5, 0.6) is 0 Å². The third kappa shape index (κ3) is 5.24. The summed E-state index contributed by atoms with van der Waals surface area (Å²) < 4.78 is 18.0. The summed E-state index contributed by atoms with van der Waals surface area (Å²) in [5.74, 6) is -0.292. The summed E-state index contributed by atoms with van der Waals surface area (Å²) in [6.07, 6.45) is 3.18. The minimum atomic E-state index is -0.292. The van der Waals surface area contributed by atoms with Crippen LogP contribution < -0.4 is 5.32 Å². The van der Waals surface area contributed by atoms with Crippen LogP contribution in [0.25, 0.3) is 0 Å². The fourth-order valence-corrected chi connectivity index (χ4v) is 1.65. The number of pyridine rings is 1. The van der Waals surface area contributed by atoms with Gasteiger partial charge in [0.2, 0.25) is 0 Å². The van der Waals surface area contributed by atoms with E-state index in [4.69, 9.17) is 4.74 Å². The molecule has 1 unspecified atom stereocenters. The van der Waals surface area contributed by atoms with Crippen LogP contribution in [-0.2, 0) is 4.74 Å². The van der Waals surface area contributed by atoms with Crippen LogP contribution >= 0.6 is 0 Å². The van der Waals surface area contributed by atoms with Crippen molar-refractivity contribution in [3.63, 3.8) is 0 Å². The SMILES string of the molecule is CCOCCCNC(CC)c1ccc(F)cn1. The van der Waals surface area contributed by atoms with E-state index in [-0.39, 0.29) is 11.9 Å². The van der Waals surface area contributed by atoms with Gasteiger partial charge in [-0.05, 0) is 38.4 Å². The second-order valence-corrected chi connectivity index (χ2v) is 3.87. The third-order valence-corrected chi connectivity index (χ3v) is 2.58. The zero-order valence-corrected chi connectivity index (χ0v) is 10.6. The molecule has 4 heteroatoms. The van der Waals surface area contributed by atoms with Crippen LogP contribution in [0.3, 0.4) is 0 Å². The molecule has 1 aromatic rings. The largest absolute Gasteiger partial charge is 0.382 e. The molecular weight excluding hydrogens is 219 g/mol. The van der Waals surface area contributed by atoms with Gasteiger partial charge in [0.15, 0.2) is 0 Å². The number of hydrogen-bond donors (Lipinski definition) is 1. The fraction of sp³-hybridized carbons (Fsp3) is 0.615. The highest BCUT2D eigenvalue weighted by atomic mass is 19.1. The number of aromatic nitrogens is 1. The topological polar surface area (TPSA) is 34.1 Å². The highest BCUT2D eigenvalue weighted by Crippen LogP contribution is 2.13. The van der Waals surface area contributed by atoms with Crippen LogP contribution in [0, 0.1) is 5.82 Å². The molecule has 1 aromatic heterocycles. The first-order valence-electron chi connectivity index (χ1n) is 6.20. The molecule has 1 rings (SSSR count). The Balaban J connectivity index is 2.35. The van der Waals surface area contributed by atoms with Crippen molar-refractivity contribution in [1.82, 2.24) is 10.3 Å². The summed E-state index contributed by atoms with van der Waals surface area (Å²) in [4.78, 5) is 4.10. The predicted molar refractivity (Wildman–Crippen MR) is 66.3 cm³/mol. The Morgan fingerprint density at radius 3 is 2.82 bits per heavy atom. The number of rotatable bonds is 8.